The fourth-order valence-electron chi connectivity index (χ4n) is 2.42. The standard InChI is InChI=1S/C15H21N5S/c1-10(2)14(13(16)11-6-4-3-5-7-11)21-15-17-18-19-20(15)12-8-9-12/h3-7,10,12-14H,8-9,16H2,1-2H3. The lowest BCUT2D eigenvalue weighted by atomic mass is 9.97. The highest BCUT2D eigenvalue weighted by molar-refractivity contribution is 7.99. The zero-order chi connectivity index (χ0) is 14.8. The number of nitrogens with zero attached hydrogens (tertiary/aromatic N) is 4. The Kier molecular flexibility index (Phi) is 4.26. The highest BCUT2D eigenvalue weighted by Gasteiger charge is 2.31. The Morgan fingerprint density at radius 1 is 1.24 bits per heavy atom. The van der Waals surface area contributed by atoms with Crippen LogP contribution in [0.2, 0.25) is 0 Å². The molecule has 0 aliphatic heterocycles. The average Bonchev–Trinajstić information content (AvgIpc) is 3.24. The van der Waals surface area contributed by atoms with E-state index in [2.05, 4.69) is 41.5 Å². The molecule has 1 fully saturated rings. The van der Waals surface area contributed by atoms with Gasteiger partial charge in [-0.05, 0) is 34.7 Å². The van der Waals surface area contributed by atoms with Gasteiger partial charge in [0.2, 0.25) is 5.16 Å². The predicted molar refractivity (Wildman–Crippen MR) is 83.9 cm³/mol. The summed E-state index contributed by atoms with van der Waals surface area (Å²) in [5.74, 6) is 0.439. The highest BCUT2D eigenvalue weighted by Crippen LogP contribution is 2.40. The molecule has 0 bridgehead atoms. The Bertz CT molecular complexity index is 579. The molecule has 6 heteroatoms. The summed E-state index contributed by atoms with van der Waals surface area (Å²) in [6.07, 6.45) is 2.35. The van der Waals surface area contributed by atoms with Crippen LogP contribution in [0.4, 0.5) is 0 Å². The van der Waals surface area contributed by atoms with Crippen molar-refractivity contribution in [1.82, 2.24) is 20.2 Å². The van der Waals surface area contributed by atoms with Crippen LogP contribution < -0.4 is 5.73 Å². The zero-order valence-corrected chi connectivity index (χ0v) is 13.2. The zero-order valence-electron chi connectivity index (χ0n) is 12.4. The molecule has 2 N–H and O–H groups in total. The van der Waals surface area contributed by atoms with Crippen LogP contribution in [0.25, 0.3) is 0 Å². The number of aromatic nitrogens is 4. The first-order valence-electron chi connectivity index (χ1n) is 7.42. The van der Waals surface area contributed by atoms with E-state index in [9.17, 15) is 0 Å². The van der Waals surface area contributed by atoms with Crippen LogP contribution >= 0.6 is 11.8 Å². The Labute approximate surface area is 129 Å². The molecule has 1 aromatic carbocycles. The number of thioether (sulfide) groups is 1. The van der Waals surface area contributed by atoms with Crippen LogP contribution in [0.1, 0.15) is 44.3 Å². The van der Waals surface area contributed by atoms with Crippen molar-refractivity contribution < 1.29 is 0 Å². The molecule has 1 aliphatic rings. The van der Waals surface area contributed by atoms with Crippen molar-refractivity contribution in [1.29, 1.82) is 0 Å². The van der Waals surface area contributed by atoms with Gasteiger partial charge in [0.1, 0.15) is 0 Å². The third-order valence-electron chi connectivity index (χ3n) is 3.79. The molecule has 1 aliphatic carbocycles. The molecule has 3 rings (SSSR count). The number of benzene rings is 1. The molecule has 5 nitrogen and oxygen atoms in total. The van der Waals surface area contributed by atoms with Crippen molar-refractivity contribution in [2.75, 3.05) is 0 Å². The van der Waals surface area contributed by atoms with Gasteiger partial charge in [0, 0.05) is 11.3 Å². The summed E-state index contributed by atoms with van der Waals surface area (Å²) < 4.78 is 1.96. The van der Waals surface area contributed by atoms with Gasteiger partial charge in [0.05, 0.1) is 6.04 Å². The van der Waals surface area contributed by atoms with Crippen molar-refractivity contribution in [3.05, 3.63) is 35.9 Å². The van der Waals surface area contributed by atoms with E-state index < -0.39 is 0 Å². The Balaban J connectivity index is 1.80. The van der Waals surface area contributed by atoms with Crippen molar-refractivity contribution in [3.63, 3.8) is 0 Å². The third-order valence-corrected chi connectivity index (χ3v) is 5.38. The summed E-state index contributed by atoms with van der Waals surface area (Å²) in [5, 5.41) is 13.3. The molecule has 0 saturated heterocycles. The highest BCUT2D eigenvalue weighted by atomic mass is 32.2. The minimum absolute atomic E-state index is 0.0273. The summed E-state index contributed by atoms with van der Waals surface area (Å²) in [7, 11) is 0. The lowest BCUT2D eigenvalue weighted by molar-refractivity contribution is 0.519. The topological polar surface area (TPSA) is 69.6 Å². The third kappa shape index (κ3) is 3.27. The Morgan fingerprint density at radius 2 is 1.95 bits per heavy atom. The van der Waals surface area contributed by atoms with Crippen molar-refractivity contribution >= 4 is 11.8 Å². The van der Waals surface area contributed by atoms with E-state index in [4.69, 9.17) is 5.73 Å². The number of nitrogens with two attached hydrogens (primary N) is 1. The second-order valence-corrected chi connectivity index (χ2v) is 7.05. The van der Waals surface area contributed by atoms with Gasteiger partial charge in [-0.3, -0.25) is 0 Å². The largest absolute Gasteiger partial charge is 0.323 e. The van der Waals surface area contributed by atoms with Crippen LogP contribution in [-0.4, -0.2) is 25.5 Å². The summed E-state index contributed by atoms with van der Waals surface area (Å²) in [5.41, 5.74) is 7.66. The normalized spacial score (nSPS) is 17.9. The summed E-state index contributed by atoms with van der Waals surface area (Å²) in [6, 6.07) is 10.7. The van der Waals surface area contributed by atoms with Crippen molar-refractivity contribution in [2.24, 2.45) is 11.7 Å². The minimum Gasteiger partial charge on any atom is -0.323 e. The SMILES string of the molecule is CC(C)C(Sc1nnnn1C1CC1)C(N)c1ccccc1. The summed E-state index contributed by atoms with van der Waals surface area (Å²) in [4.78, 5) is 0. The van der Waals surface area contributed by atoms with Crippen molar-refractivity contribution in [3.8, 4) is 0 Å². The lowest BCUT2D eigenvalue weighted by Crippen LogP contribution is -2.28. The Hall–Kier alpha value is -1.40. The van der Waals surface area contributed by atoms with Gasteiger partial charge in [-0.2, -0.15) is 0 Å². The molecule has 21 heavy (non-hydrogen) atoms. The van der Waals surface area contributed by atoms with Crippen LogP contribution in [0, 0.1) is 5.92 Å². The van der Waals surface area contributed by atoms with Gasteiger partial charge < -0.3 is 5.73 Å². The van der Waals surface area contributed by atoms with E-state index in [1.165, 1.54) is 12.8 Å². The molecular weight excluding hydrogens is 282 g/mol. The molecule has 1 heterocycles. The molecule has 1 saturated carbocycles. The molecule has 0 amide bonds. The van der Waals surface area contributed by atoms with Crippen LogP contribution in [0.3, 0.4) is 0 Å². The number of hydrogen-bond acceptors (Lipinski definition) is 5. The molecule has 0 radical (unpaired) electrons. The van der Waals surface area contributed by atoms with Crippen LogP contribution in [0.15, 0.2) is 35.5 Å². The van der Waals surface area contributed by atoms with Gasteiger partial charge in [0.15, 0.2) is 0 Å². The first-order valence-corrected chi connectivity index (χ1v) is 8.30. The maximum Gasteiger partial charge on any atom is 0.209 e. The van der Waals surface area contributed by atoms with Gasteiger partial charge >= 0.3 is 0 Å². The van der Waals surface area contributed by atoms with E-state index >= 15 is 0 Å². The average molecular weight is 303 g/mol. The van der Waals surface area contributed by atoms with Crippen LogP contribution in [0.5, 0.6) is 0 Å². The molecule has 0 spiro atoms. The fraction of sp³-hybridized carbons (Fsp3) is 0.533. The van der Waals surface area contributed by atoms with Gasteiger partial charge in [0.25, 0.3) is 0 Å². The lowest BCUT2D eigenvalue weighted by Gasteiger charge is -2.26. The number of hydrogen-bond donors (Lipinski definition) is 1. The van der Waals surface area contributed by atoms with Crippen molar-refractivity contribution in [2.45, 2.75) is 49.2 Å². The quantitative estimate of drug-likeness (QED) is 0.831. The molecule has 2 unspecified atom stereocenters. The van der Waals surface area contributed by atoms with Gasteiger partial charge in [-0.25, -0.2) is 4.68 Å². The monoisotopic (exact) mass is 303 g/mol. The van der Waals surface area contributed by atoms with Crippen LogP contribution in [-0.2, 0) is 0 Å². The molecule has 2 atom stereocenters. The molecular formula is C15H21N5S. The fourth-order valence-corrected chi connectivity index (χ4v) is 3.62. The molecule has 1 aromatic heterocycles. The summed E-state index contributed by atoms with van der Waals surface area (Å²) in [6.45, 7) is 4.40. The maximum atomic E-state index is 6.50. The minimum atomic E-state index is -0.0273. The van der Waals surface area contributed by atoms with Gasteiger partial charge in [-0.15, -0.1) is 5.10 Å². The number of rotatable bonds is 6. The summed E-state index contributed by atoms with van der Waals surface area (Å²) >= 11 is 1.70. The van der Waals surface area contributed by atoms with Gasteiger partial charge in [-0.1, -0.05) is 55.9 Å². The van der Waals surface area contributed by atoms with E-state index in [-0.39, 0.29) is 11.3 Å². The second kappa shape index (κ2) is 6.15. The first-order chi connectivity index (χ1) is 10.2. The first kappa shape index (κ1) is 14.5. The predicted octanol–water partition coefficient (Wildman–Crippen LogP) is 2.82. The van der Waals surface area contributed by atoms with E-state index in [1.54, 1.807) is 11.8 Å². The van der Waals surface area contributed by atoms with E-state index in [0.717, 1.165) is 10.7 Å². The Morgan fingerprint density at radius 3 is 2.57 bits per heavy atom. The smallest absolute Gasteiger partial charge is 0.209 e. The van der Waals surface area contributed by atoms with E-state index in [1.807, 2.05) is 22.9 Å². The molecule has 2 aromatic rings. The second-order valence-electron chi connectivity index (χ2n) is 5.90. The van der Waals surface area contributed by atoms with E-state index in [0.29, 0.717) is 12.0 Å². The number of tetrazole rings is 1. The maximum absolute atomic E-state index is 6.50. The molecule has 112 valence electrons.